The van der Waals surface area contributed by atoms with Crippen molar-refractivity contribution < 1.29 is 4.74 Å². The number of rotatable bonds is 1. The topological polar surface area (TPSA) is 55.0 Å². The van der Waals surface area contributed by atoms with E-state index < -0.39 is 0 Å². The second kappa shape index (κ2) is 2.51. The van der Waals surface area contributed by atoms with Gasteiger partial charge in [0.25, 0.3) is 5.56 Å². The van der Waals surface area contributed by atoms with Crippen LogP contribution in [0.1, 0.15) is 5.56 Å². The van der Waals surface area contributed by atoms with E-state index in [1.807, 2.05) is 0 Å². The van der Waals surface area contributed by atoms with Crippen molar-refractivity contribution in [2.75, 3.05) is 7.11 Å². The van der Waals surface area contributed by atoms with E-state index in [9.17, 15) is 4.79 Å². The number of ether oxygens (including phenoxy) is 1. The van der Waals surface area contributed by atoms with Crippen LogP contribution in [0.25, 0.3) is 0 Å². The SMILES string of the molecule is COc1cn[nH]c(=O)c1C. The molecule has 54 valence electrons. The first-order chi connectivity index (χ1) is 4.75. The summed E-state index contributed by atoms with van der Waals surface area (Å²) in [5.74, 6) is 0.517. The van der Waals surface area contributed by atoms with Crippen molar-refractivity contribution in [3.63, 3.8) is 0 Å². The normalized spacial score (nSPS) is 9.40. The quantitative estimate of drug-likeness (QED) is 0.601. The Labute approximate surface area is 57.8 Å². The highest BCUT2D eigenvalue weighted by molar-refractivity contribution is 5.25. The molecular weight excluding hydrogens is 132 g/mol. The van der Waals surface area contributed by atoms with E-state index in [1.54, 1.807) is 6.92 Å². The van der Waals surface area contributed by atoms with Crippen LogP contribution in [0.15, 0.2) is 11.0 Å². The number of hydrogen-bond donors (Lipinski definition) is 1. The van der Waals surface area contributed by atoms with Gasteiger partial charge in [0.05, 0.1) is 18.9 Å². The Morgan fingerprint density at radius 3 is 2.90 bits per heavy atom. The highest BCUT2D eigenvalue weighted by Crippen LogP contribution is 2.07. The van der Waals surface area contributed by atoms with Crippen molar-refractivity contribution in [3.05, 3.63) is 22.1 Å². The molecule has 0 unspecified atom stereocenters. The standard InChI is InChI=1S/C6H8N2O2/c1-4-5(10-2)3-7-8-6(4)9/h3H,1-2H3,(H,8,9). The molecule has 0 spiro atoms. The molecule has 0 fully saturated rings. The summed E-state index contributed by atoms with van der Waals surface area (Å²) in [6.07, 6.45) is 1.47. The van der Waals surface area contributed by atoms with Gasteiger partial charge in [-0.15, -0.1) is 0 Å². The minimum atomic E-state index is -0.209. The first kappa shape index (κ1) is 6.80. The molecule has 1 N–H and O–H groups in total. The van der Waals surface area contributed by atoms with Crippen LogP contribution in [-0.4, -0.2) is 17.3 Å². The number of hydrogen-bond acceptors (Lipinski definition) is 3. The van der Waals surface area contributed by atoms with Crippen molar-refractivity contribution in [3.8, 4) is 5.75 Å². The molecule has 0 aliphatic rings. The van der Waals surface area contributed by atoms with Gasteiger partial charge in [0.2, 0.25) is 0 Å². The zero-order valence-corrected chi connectivity index (χ0v) is 5.84. The molecule has 0 aromatic carbocycles. The highest BCUT2D eigenvalue weighted by Gasteiger charge is 1.99. The molecular formula is C6H8N2O2. The lowest BCUT2D eigenvalue weighted by atomic mass is 10.3. The maximum atomic E-state index is 10.8. The largest absolute Gasteiger partial charge is 0.495 e. The number of nitrogens with one attached hydrogen (secondary N) is 1. The second-order valence-corrected chi connectivity index (χ2v) is 1.89. The van der Waals surface area contributed by atoms with E-state index in [0.717, 1.165) is 0 Å². The third-order valence-corrected chi connectivity index (χ3v) is 1.28. The Hall–Kier alpha value is -1.32. The minimum Gasteiger partial charge on any atom is -0.495 e. The second-order valence-electron chi connectivity index (χ2n) is 1.89. The van der Waals surface area contributed by atoms with Crippen LogP contribution in [0, 0.1) is 6.92 Å². The molecule has 10 heavy (non-hydrogen) atoms. The molecule has 0 atom stereocenters. The lowest BCUT2D eigenvalue weighted by Gasteiger charge is -1.99. The third kappa shape index (κ3) is 1.00. The van der Waals surface area contributed by atoms with Crippen molar-refractivity contribution in [1.29, 1.82) is 0 Å². The Morgan fingerprint density at radius 2 is 2.40 bits per heavy atom. The van der Waals surface area contributed by atoms with Gasteiger partial charge < -0.3 is 4.74 Å². The number of methoxy groups -OCH3 is 1. The van der Waals surface area contributed by atoms with E-state index in [1.165, 1.54) is 13.3 Å². The Morgan fingerprint density at radius 1 is 1.70 bits per heavy atom. The number of H-pyrrole nitrogens is 1. The minimum absolute atomic E-state index is 0.209. The predicted molar refractivity (Wildman–Crippen MR) is 36.1 cm³/mol. The average molecular weight is 140 g/mol. The Bertz CT molecular complexity index is 279. The molecule has 1 aromatic rings. The summed E-state index contributed by atoms with van der Waals surface area (Å²) in [5.41, 5.74) is 0.344. The van der Waals surface area contributed by atoms with Crippen molar-refractivity contribution >= 4 is 0 Å². The van der Waals surface area contributed by atoms with Gasteiger partial charge in [-0.3, -0.25) is 4.79 Å². The molecule has 4 heteroatoms. The summed E-state index contributed by atoms with van der Waals surface area (Å²) >= 11 is 0. The van der Waals surface area contributed by atoms with Gasteiger partial charge in [-0.25, -0.2) is 5.10 Å². The molecule has 1 aromatic heterocycles. The summed E-state index contributed by atoms with van der Waals surface area (Å²) in [6, 6.07) is 0. The number of aromatic nitrogens is 2. The molecule has 0 radical (unpaired) electrons. The molecule has 0 aliphatic carbocycles. The van der Waals surface area contributed by atoms with Crippen LogP contribution in [0.2, 0.25) is 0 Å². The molecule has 0 saturated heterocycles. The van der Waals surface area contributed by atoms with Gasteiger partial charge in [-0.05, 0) is 6.92 Å². The molecule has 0 aliphatic heterocycles. The van der Waals surface area contributed by atoms with Crippen LogP contribution >= 0.6 is 0 Å². The zero-order valence-electron chi connectivity index (χ0n) is 5.84. The highest BCUT2D eigenvalue weighted by atomic mass is 16.5. The van der Waals surface area contributed by atoms with Crippen LogP contribution in [0.4, 0.5) is 0 Å². The van der Waals surface area contributed by atoms with Crippen LogP contribution in [-0.2, 0) is 0 Å². The van der Waals surface area contributed by atoms with Gasteiger partial charge in [-0.2, -0.15) is 5.10 Å². The van der Waals surface area contributed by atoms with Crippen molar-refractivity contribution in [1.82, 2.24) is 10.2 Å². The average Bonchev–Trinajstić information content (AvgIpc) is 1.95. The van der Waals surface area contributed by atoms with E-state index in [-0.39, 0.29) is 5.56 Å². The van der Waals surface area contributed by atoms with E-state index in [4.69, 9.17) is 4.74 Å². The third-order valence-electron chi connectivity index (χ3n) is 1.28. The fraction of sp³-hybridized carbons (Fsp3) is 0.333. The Balaban J connectivity index is 3.28. The van der Waals surface area contributed by atoms with Gasteiger partial charge in [0.15, 0.2) is 0 Å². The smallest absolute Gasteiger partial charge is 0.270 e. The van der Waals surface area contributed by atoms with Gasteiger partial charge >= 0.3 is 0 Å². The first-order valence-electron chi connectivity index (χ1n) is 2.84. The lowest BCUT2D eigenvalue weighted by molar-refractivity contribution is 0.407. The van der Waals surface area contributed by atoms with E-state index >= 15 is 0 Å². The fourth-order valence-corrected chi connectivity index (χ4v) is 0.648. The number of nitrogens with zero attached hydrogens (tertiary/aromatic N) is 1. The maximum absolute atomic E-state index is 10.8. The van der Waals surface area contributed by atoms with Crippen LogP contribution in [0.5, 0.6) is 5.75 Å². The monoisotopic (exact) mass is 140 g/mol. The van der Waals surface area contributed by atoms with E-state index in [2.05, 4.69) is 10.2 Å². The van der Waals surface area contributed by atoms with E-state index in [0.29, 0.717) is 11.3 Å². The molecule has 1 heterocycles. The summed E-state index contributed by atoms with van der Waals surface area (Å²) in [5, 5.41) is 5.84. The molecule has 1 rings (SSSR count). The van der Waals surface area contributed by atoms with Crippen molar-refractivity contribution in [2.24, 2.45) is 0 Å². The zero-order chi connectivity index (χ0) is 7.56. The summed E-state index contributed by atoms with van der Waals surface area (Å²) < 4.78 is 4.84. The lowest BCUT2D eigenvalue weighted by Crippen LogP contribution is -2.11. The van der Waals surface area contributed by atoms with Gasteiger partial charge in [-0.1, -0.05) is 0 Å². The van der Waals surface area contributed by atoms with Gasteiger partial charge in [0.1, 0.15) is 5.75 Å². The van der Waals surface area contributed by atoms with Crippen molar-refractivity contribution in [2.45, 2.75) is 6.92 Å². The fourth-order valence-electron chi connectivity index (χ4n) is 0.648. The molecule has 0 saturated carbocycles. The molecule has 0 bridgehead atoms. The van der Waals surface area contributed by atoms with Gasteiger partial charge in [0, 0.05) is 0 Å². The molecule has 0 amide bonds. The first-order valence-corrected chi connectivity index (χ1v) is 2.84. The number of aromatic amines is 1. The summed E-state index contributed by atoms with van der Waals surface area (Å²) in [7, 11) is 1.50. The summed E-state index contributed by atoms with van der Waals surface area (Å²) in [6.45, 7) is 1.68. The maximum Gasteiger partial charge on any atom is 0.270 e. The summed E-state index contributed by atoms with van der Waals surface area (Å²) in [4.78, 5) is 10.8. The van der Waals surface area contributed by atoms with Crippen LogP contribution in [0.3, 0.4) is 0 Å². The molecule has 4 nitrogen and oxygen atoms in total. The predicted octanol–water partition coefficient (Wildman–Crippen LogP) is 0.0869. The Kier molecular flexibility index (Phi) is 1.71. The van der Waals surface area contributed by atoms with Crippen LogP contribution < -0.4 is 10.3 Å².